The van der Waals surface area contributed by atoms with E-state index in [2.05, 4.69) is 30.4 Å². The molecule has 6 rings (SSSR count). The van der Waals surface area contributed by atoms with E-state index in [-0.39, 0.29) is 55.3 Å². The fourth-order valence-corrected chi connectivity index (χ4v) is 10.4. The van der Waals surface area contributed by atoms with Crippen molar-refractivity contribution in [3.8, 4) is 5.75 Å². The molecular formula is C36H44N6O5S. The molecular weight excluding hydrogens is 629 g/mol. The lowest BCUT2D eigenvalue weighted by Gasteiger charge is -2.41. The second-order valence-electron chi connectivity index (χ2n) is 12.7. The maximum absolute atomic E-state index is 14.9. The van der Waals surface area contributed by atoms with Crippen LogP contribution in [0.5, 0.6) is 5.75 Å². The summed E-state index contributed by atoms with van der Waals surface area (Å²) in [6, 6.07) is 14.2. The summed E-state index contributed by atoms with van der Waals surface area (Å²) in [5.74, 6) is -1.04. The Morgan fingerprint density at radius 2 is 1.85 bits per heavy atom. The summed E-state index contributed by atoms with van der Waals surface area (Å²) in [7, 11) is 0. The molecule has 12 heteroatoms. The van der Waals surface area contributed by atoms with Crippen molar-refractivity contribution in [1.29, 1.82) is 0 Å². The highest BCUT2D eigenvalue weighted by Gasteiger charge is 2.76. The van der Waals surface area contributed by atoms with Crippen LogP contribution in [0.15, 0.2) is 73.8 Å². The van der Waals surface area contributed by atoms with Crippen molar-refractivity contribution in [3.05, 3.63) is 73.8 Å². The van der Waals surface area contributed by atoms with Crippen LogP contribution in [0.4, 0.5) is 5.69 Å². The largest absolute Gasteiger partial charge is 0.494 e. The second-order valence-corrected chi connectivity index (χ2v) is 14.3. The monoisotopic (exact) mass is 672 g/mol. The molecule has 3 saturated heterocycles. The summed E-state index contributed by atoms with van der Waals surface area (Å²) in [5.41, 5.74) is 2.22. The lowest BCUT2D eigenvalue weighted by Crippen LogP contribution is -2.57. The zero-order valence-electron chi connectivity index (χ0n) is 27.6. The molecule has 4 heterocycles. The second kappa shape index (κ2) is 14.1. The molecule has 6 atom stereocenters. The van der Waals surface area contributed by atoms with E-state index in [1.165, 1.54) is 0 Å². The van der Waals surface area contributed by atoms with E-state index >= 15 is 0 Å². The van der Waals surface area contributed by atoms with Crippen molar-refractivity contribution >= 4 is 46.2 Å². The third kappa shape index (κ3) is 5.68. The van der Waals surface area contributed by atoms with Crippen LogP contribution in [0.3, 0.4) is 0 Å². The Balaban J connectivity index is 1.37. The summed E-state index contributed by atoms with van der Waals surface area (Å²) >= 11 is 1.65. The first-order valence-electron chi connectivity index (χ1n) is 16.7. The maximum atomic E-state index is 14.9. The van der Waals surface area contributed by atoms with E-state index in [9.17, 15) is 19.5 Å². The van der Waals surface area contributed by atoms with Gasteiger partial charge in [0.05, 0.1) is 28.7 Å². The molecule has 11 nitrogen and oxygen atoms in total. The molecule has 0 aliphatic carbocycles. The number of benzene rings is 2. The number of ether oxygens (including phenoxy) is 1. The van der Waals surface area contributed by atoms with E-state index in [0.717, 1.165) is 17.5 Å². The number of hydrogen-bond acceptors (Lipinski definition) is 8. The average molecular weight is 673 g/mol. The molecule has 3 aliphatic rings. The molecule has 3 amide bonds. The van der Waals surface area contributed by atoms with Crippen LogP contribution in [0.1, 0.15) is 33.1 Å². The number of unbranched alkanes of at least 4 members (excludes halogenated alkanes) is 1. The van der Waals surface area contributed by atoms with E-state index in [1.807, 2.05) is 55.5 Å². The van der Waals surface area contributed by atoms with Crippen LogP contribution in [0.25, 0.3) is 11.0 Å². The number of hydrogen-bond donors (Lipinski definition) is 1. The minimum Gasteiger partial charge on any atom is -0.494 e. The average Bonchev–Trinajstić information content (AvgIpc) is 3.81. The zero-order chi connectivity index (χ0) is 34.0. The lowest BCUT2D eigenvalue weighted by molar-refractivity contribution is -0.143. The first-order valence-corrected chi connectivity index (χ1v) is 17.6. The number of para-hydroxylation sites is 1. The van der Waals surface area contributed by atoms with E-state index < -0.39 is 22.6 Å². The van der Waals surface area contributed by atoms with Gasteiger partial charge in [-0.3, -0.25) is 14.4 Å². The van der Waals surface area contributed by atoms with Crippen molar-refractivity contribution in [2.45, 2.75) is 55.8 Å². The van der Waals surface area contributed by atoms with E-state index in [1.54, 1.807) is 43.3 Å². The summed E-state index contributed by atoms with van der Waals surface area (Å²) in [5, 5.41) is 18.1. The highest BCUT2D eigenvalue weighted by Crippen LogP contribution is 2.69. The van der Waals surface area contributed by atoms with Crippen LogP contribution in [0.2, 0.25) is 0 Å². The molecule has 3 unspecified atom stereocenters. The van der Waals surface area contributed by atoms with Crippen molar-refractivity contribution in [1.82, 2.24) is 24.8 Å². The number of nitrogens with zero attached hydrogens (tertiary/aromatic N) is 6. The molecule has 3 aliphatic heterocycles. The Labute approximate surface area is 285 Å². The molecule has 2 bridgehead atoms. The van der Waals surface area contributed by atoms with Crippen molar-refractivity contribution in [2.24, 2.45) is 17.8 Å². The number of aliphatic hydroxyl groups excluding tert-OH is 1. The summed E-state index contributed by atoms with van der Waals surface area (Å²) in [6.45, 7) is 13.4. The number of rotatable bonds is 15. The number of aliphatic hydroxyl groups is 1. The summed E-state index contributed by atoms with van der Waals surface area (Å²) < 4.78 is 6.52. The number of carbonyl (C=O) groups excluding carboxylic acids is 3. The molecule has 0 radical (unpaired) electrons. The predicted molar refractivity (Wildman–Crippen MR) is 186 cm³/mol. The minimum atomic E-state index is -0.791. The number of amides is 3. The highest BCUT2D eigenvalue weighted by molar-refractivity contribution is 8.02. The molecule has 3 fully saturated rings. The first kappa shape index (κ1) is 33.7. The van der Waals surface area contributed by atoms with Crippen LogP contribution < -0.4 is 9.64 Å². The third-order valence-electron chi connectivity index (χ3n) is 9.99. The number of thioether (sulfide) groups is 1. The van der Waals surface area contributed by atoms with Crippen molar-refractivity contribution < 1.29 is 24.2 Å². The number of carbonyl (C=O) groups is 3. The quantitative estimate of drug-likeness (QED) is 0.189. The minimum absolute atomic E-state index is 0.00981. The van der Waals surface area contributed by atoms with Crippen LogP contribution in [-0.4, -0.2) is 96.5 Å². The van der Waals surface area contributed by atoms with Crippen LogP contribution >= 0.6 is 11.8 Å². The number of fused-ring (bicyclic) bond motifs is 2. The van der Waals surface area contributed by atoms with Gasteiger partial charge in [0.15, 0.2) is 0 Å². The van der Waals surface area contributed by atoms with Gasteiger partial charge in [0.1, 0.15) is 24.0 Å². The Bertz CT molecular complexity index is 1680. The van der Waals surface area contributed by atoms with Crippen LogP contribution in [0, 0.1) is 17.8 Å². The smallest absolute Gasteiger partial charge is 0.248 e. The molecule has 1 aromatic heterocycles. The third-order valence-corrected chi connectivity index (χ3v) is 12.1. The molecule has 3 aromatic rings. The Kier molecular flexibility index (Phi) is 9.93. The van der Waals surface area contributed by atoms with Gasteiger partial charge in [-0.1, -0.05) is 36.4 Å². The van der Waals surface area contributed by atoms with Gasteiger partial charge < -0.3 is 24.5 Å². The fraction of sp³-hybridized carbons (Fsp3) is 0.472. The maximum Gasteiger partial charge on any atom is 0.248 e. The van der Waals surface area contributed by atoms with E-state index in [0.29, 0.717) is 37.4 Å². The molecule has 48 heavy (non-hydrogen) atoms. The first-order chi connectivity index (χ1) is 23.3. The predicted octanol–water partition coefficient (Wildman–Crippen LogP) is 4.13. The number of likely N-dealkylation sites (tertiary alicyclic amines) is 1. The molecule has 0 saturated carbocycles. The van der Waals surface area contributed by atoms with Crippen LogP contribution in [-0.2, 0) is 21.1 Å². The summed E-state index contributed by atoms with van der Waals surface area (Å²) in [6.07, 6.45) is 5.14. The van der Waals surface area contributed by atoms with Gasteiger partial charge in [0, 0.05) is 37.2 Å². The van der Waals surface area contributed by atoms with Gasteiger partial charge in [-0.25, -0.2) is 4.68 Å². The number of anilines is 1. The van der Waals surface area contributed by atoms with Gasteiger partial charge in [-0.05, 0) is 68.5 Å². The van der Waals surface area contributed by atoms with Gasteiger partial charge in [0.2, 0.25) is 17.7 Å². The van der Waals surface area contributed by atoms with E-state index in [4.69, 9.17) is 4.74 Å². The topological polar surface area (TPSA) is 121 Å². The Hall–Kier alpha value is -4.16. The van der Waals surface area contributed by atoms with Gasteiger partial charge >= 0.3 is 0 Å². The van der Waals surface area contributed by atoms with Crippen molar-refractivity contribution in [2.75, 3.05) is 37.7 Å². The molecule has 1 N–H and O–H groups in total. The molecule has 1 spiro atoms. The molecule has 254 valence electrons. The van der Waals surface area contributed by atoms with Gasteiger partial charge in [-0.15, -0.1) is 30.0 Å². The lowest BCUT2D eigenvalue weighted by atomic mass is 9.65. The Morgan fingerprint density at radius 1 is 1.10 bits per heavy atom. The highest BCUT2D eigenvalue weighted by atomic mass is 32.2. The standard InChI is InChI=1S/C36H44N6O5S/c1-5-18-39(23-42-28-13-9-8-12-27(28)37-38-42)35(46)32-36-24(4)22-29(48-36)30(31(36)34(45)41(32)20-10-11-21-43)33(44)40(19-6-2)25-14-16-26(17-15-25)47-7-3/h5-6,8-9,12-17,24,29-32,43H,1-2,7,10-11,18-23H2,3-4H3/t24?,29-,30+,31-,32?,36?/m0/s1. The Morgan fingerprint density at radius 3 is 2.56 bits per heavy atom. The van der Waals surface area contributed by atoms with Gasteiger partial charge in [0.25, 0.3) is 0 Å². The van der Waals surface area contributed by atoms with Crippen molar-refractivity contribution in [3.63, 3.8) is 0 Å². The summed E-state index contributed by atoms with van der Waals surface area (Å²) in [4.78, 5) is 49.3. The SMILES string of the molecule is C=CCN(Cn1nnc2ccccc21)C(=O)C1N(CCCCO)C(=O)[C@@H]2[C@H](C(=O)N(CC=C)c3ccc(OCC)cc3)[C@@H]3CC(C)C12S3. The zero-order valence-corrected chi connectivity index (χ0v) is 28.4. The normalized spacial score (nSPS) is 25.7. The fourth-order valence-electron chi connectivity index (χ4n) is 7.97. The van der Waals surface area contributed by atoms with Gasteiger partial charge in [-0.2, -0.15) is 0 Å². The molecule has 2 aromatic carbocycles. The number of aromatic nitrogens is 3.